The van der Waals surface area contributed by atoms with Crippen molar-refractivity contribution in [1.82, 2.24) is 15.1 Å². The standard InChI is InChI=1S/C14H27N3O/c1-7-15-10-13-11(2)16-17(12(13)3)8-9-18-14(4,5)6/h15H,7-10H2,1-6H3. The zero-order valence-electron chi connectivity index (χ0n) is 12.6. The van der Waals surface area contributed by atoms with E-state index in [0.29, 0.717) is 6.61 Å². The average molecular weight is 253 g/mol. The molecule has 0 amide bonds. The van der Waals surface area contributed by atoms with E-state index >= 15 is 0 Å². The number of hydrogen-bond donors (Lipinski definition) is 1. The molecule has 0 aromatic carbocycles. The van der Waals surface area contributed by atoms with Crippen LogP contribution in [-0.2, 0) is 17.8 Å². The Bertz CT molecular complexity index is 377. The van der Waals surface area contributed by atoms with Crippen molar-refractivity contribution in [3.8, 4) is 0 Å². The van der Waals surface area contributed by atoms with Crippen LogP contribution in [0.5, 0.6) is 0 Å². The van der Waals surface area contributed by atoms with Gasteiger partial charge in [-0.2, -0.15) is 5.10 Å². The molecule has 0 aliphatic carbocycles. The molecule has 0 atom stereocenters. The molecule has 0 fully saturated rings. The summed E-state index contributed by atoms with van der Waals surface area (Å²) >= 11 is 0. The summed E-state index contributed by atoms with van der Waals surface area (Å²) in [5.41, 5.74) is 3.59. The highest BCUT2D eigenvalue weighted by atomic mass is 16.5. The molecule has 4 nitrogen and oxygen atoms in total. The van der Waals surface area contributed by atoms with E-state index in [0.717, 1.165) is 25.3 Å². The van der Waals surface area contributed by atoms with Gasteiger partial charge in [0.1, 0.15) is 0 Å². The highest BCUT2D eigenvalue weighted by molar-refractivity contribution is 5.24. The Labute approximate surface area is 111 Å². The Morgan fingerprint density at radius 3 is 2.50 bits per heavy atom. The summed E-state index contributed by atoms with van der Waals surface area (Å²) in [5, 5.41) is 7.93. The Balaban J connectivity index is 2.61. The number of ether oxygens (including phenoxy) is 1. The molecule has 0 unspecified atom stereocenters. The molecular formula is C14H27N3O. The molecule has 1 rings (SSSR count). The van der Waals surface area contributed by atoms with E-state index in [1.54, 1.807) is 0 Å². The van der Waals surface area contributed by atoms with Gasteiger partial charge in [0.25, 0.3) is 0 Å². The van der Waals surface area contributed by atoms with Crippen LogP contribution in [0.25, 0.3) is 0 Å². The van der Waals surface area contributed by atoms with E-state index in [1.165, 1.54) is 11.3 Å². The largest absolute Gasteiger partial charge is 0.374 e. The molecule has 0 saturated heterocycles. The number of aryl methyl sites for hydroxylation is 1. The topological polar surface area (TPSA) is 39.1 Å². The number of nitrogens with zero attached hydrogens (tertiary/aromatic N) is 2. The van der Waals surface area contributed by atoms with Crippen molar-refractivity contribution in [3.63, 3.8) is 0 Å². The van der Waals surface area contributed by atoms with Gasteiger partial charge >= 0.3 is 0 Å². The summed E-state index contributed by atoms with van der Waals surface area (Å²) in [4.78, 5) is 0. The second kappa shape index (κ2) is 6.34. The molecule has 1 heterocycles. The van der Waals surface area contributed by atoms with Crippen LogP contribution in [0.4, 0.5) is 0 Å². The summed E-state index contributed by atoms with van der Waals surface area (Å²) in [6.45, 7) is 15.9. The lowest BCUT2D eigenvalue weighted by Crippen LogP contribution is -2.22. The smallest absolute Gasteiger partial charge is 0.0669 e. The molecule has 1 N–H and O–H groups in total. The third-order valence-electron chi connectivity index (χ3n) is 2.92. The summed E-state index contributed by atoms with van der Waals surface area (Å²) in [6, 6.07) is 0. The van der Waals surface area contributed by atoms with Crippen molar-refractivity contribution in [3.05, 3.63) is 17.0 Å². The van der Waals surface area contributed by atoms with Gasteiger partial charge in [0, 0.05) is 17.8 Å². The molecule has 0 radical (unpaired) electrons. The Kier molecular flexibility index (Phi) is 5.35. The fraction of sp³-hybridized carbons (Fsp3) is 0.786. The quantitative estimate of drug-likeness (QED) is 0.846. The third-order valence-corrected chi connectivity index (χ3v) is 2.92. The zero-order valence-corrected chi connectivity index (χ0v) is 12.6. The minimum atomic E-state index is -0.0807. The van der Waals surface area contributed by atoms with Crippen LogP contribution < -0.4 is 5.32 Å². The molecule has 0 spiro atoms. The fourth-order valence-electron chi connectivity index (χ4n) is 1.90. The highest BCUT2D eigenvalue weighted by Crippen LogP contribution is 2.13. The van der Waals surface area contributed by atoms with Crippen LogP contribution in [-0.4, -0.2) is 28.5 Å². The lowest BCUT2D eigenvalue weighted by Gasteiger charge is -2.19. The molecule has 1 aromatic rings. The first-order chi connectivity index (χ1) is 8.35. The van der Waals surface area contributed by atoms with E-state index in [4.69, 9.17) is 4.74 Å². The molecule has 0 aliphatic heterocycles. The van der Waals surface area contributed by atoms with Gasteiger partial charge in [-0.15, -0.1) is 0 Å². The minimum Gasteiger partial charge on any atom is -0.374 e. The first-order valence-electron chi connectivity index (χ1n) is 6.72. The first-order valence-corrected chi connectivity index (χ1v) is 6.72. The van der Waals surface area contributed by atoms with Gasteiger partial charge in [-0.1, -0.05) is 6.92 Å². The van der Waals surface area contributed by atoms with Crippen LogP contribution in [0.15, 0.2) is 0 Å². The Hall–Kier alpha value is -0.870. The van der Waals surface area contributed by atoms with Crippen molar-refractivity contribution >= 4 is 0 Å². The van der Waals surface area contributed by atoms with E-state index in [-0.39, 0.29) is 5.60 Å². The van der Waals surface area contributed by atoms with Crippen molar-refractivity contribution < 1.29 is 4.74 Å². The van der Waals surface area contributed by atoms with E-state index < -0.39 is 0 Å². The van der Waals surface area contributed by atoms with Gasteiger partial charge in [-0.05, 0) is 41.2 Å². The van der Waals surface area contributed by atoms with Crippen LogP contribution >= 0.6 is 0 Å². The normalized spacial score (nSPS) is 12.1. The van der Waals surface area contributed by atoms with Gasteiger partial charge in [0.2, 0.25) is 0 Å². The predicted molar refractivity (Wildman–Crippen MR) is 74.8 cm³/mol. The van der Waals surface area contributed by atoms with Crippen LogP contribution in [0.2, 0.25) is 0 Å². The van der Waals surface area contributed by atoms with Crippen LogP contribution in [0.3, 0.4) is 0 Å². The van der Waals surface area contributed by atoms with Gasteiger partial charge in [0.15, 0.2) is 0 Å². The summed E-state index contributed by atoms with van der Waals surface area (Å²) in [7, 11) is 0. The maximum atomic E-state index is 5.74. The molecule has 4 heteroatoms. The van der Waals surface area contributed by atoms with E-state index in [9.17, 15) is 0 Å². The van der Waals surface area contributed by atoms with E-state index in [1.807, 2.05) is 4.68 Å². The number of rotatable bonds is 6. The highest BCUT2D eigenvalue weighted by Gasteiger charge is 2.13. The minimum absolute atomic E-state index is 0.0807. The molecular weight excluding hydrogens is 226 g/mol. The molecule has 1 aromatic heterocycles. The maximum Gasteiger partial charge on any atom is 0.0669 e. The average Bonchev–Trinajstić information content (AvgIpc) is 2.51. The second-order valence-corrected chi connectivity index (χ2v) is 5.61. The molecule has 0 saturated carbocycles. The molecule has 0 aliphatic rings. The number of nitrogens with one attached hydrogen (secondary N) is 1. The summed E-state index contributed by atoms with van der Waals surface area (Å²) in [6.07, 6.45) is 0. The first kappa shape index (κ1) is 15.2. The zero-order chi connectivity index (χ0) is 13.8. The molecule has 0 bridgehead atoms. The predicted octanol–water partition coefficient (Wildman–Crippen LogP) is 2.42. The van der Waals surface area contributed by atoms with Crippen molar-refractivity contribution in [2.24, 2.45) is 0 Å². The van der Waals surface area contributed by atoms with Gasteiger partial charge in [0.05, 0.1) is 24.4 Å². The fourth-order valence-corrected chi connectivity index (χ4v) is 1.90. The lowest BCUT2D eigenvalue weighted by atomic mass is 10.2. The van der Waals surface area contributed by atoms with Crippen molar-refractivity contribution in [2.75, 3.05) is 13.2 Å². The molecule has 104 valence electrons. The Morgan fingerprint density at radius 1 is 1.28 bits per heavy atom. The third kappa shape index (κ3) is 4.42. The van der Waals surface area contributed by atoms with Gasteiger partial charge in [-0.25, -0.2) is 0 Å². The number of aromatic nitrogens is 2. The second-order valence-electron chi connectivity index (χ2n) is 5.61. The molecule has 18 heavy (non-hydrogen) atoms. The van der Waals surface area contributed by atoms with Crippen molar-refractivity contribution in [1.29, 1.82) is 0 Å². The van der Waals surface area contributed by atoms with Crippen LogP contribution in [0.1, 0.15) is 44.6 Å². The van der Waals surface area contributed by atoms with Crippen molar-refractivity contribution in [2.45, 2.75) is 60.2 Å². The van der Waals surface area contributed by atoms with Crippen LogP contribution in [0, 0.1) is 13.8 Å². The lowest BCUT2D eigenvalue weighted by molar-refractivity contribution is -0.00810. The van der Waals surface area contributed by atoms with Gasteiger partial charge < -0.3 is 10.1 Å². The van der Waals surface area contributed by atoms with Gasteiger partial charge in [-0.3, -0.25) is 4.68 Å². The summed E-state index contributed by atoms with van der Waals surface area (Å²) < 4.78 is 7.79. The Morgan fingerprint density at radius 2 is 1.94 bits per heavy atom. The van der Waals surface area contributed by atoms with E-state index in [2.05, 4.69) is 52.0 Å². The SMILES string of the molecule is CCNCc1c(C)nn(CCOC(C)(C)C)c1C. The summed E-state index contributed by atoms with van der Waals surface area (Å²) in [5.74, 6) is 0. The monoisotopic (exact) mass is 253 g/mol. The number of hydrogen-bond acceptors (Lipinski definition) is 3. The maximum absolute atomic E-state index is 5.74.